The lowest BCUT2D eigenvalue weighted by Gasteiger charge is -2.36. The highest BCUT2D eigenvalue weighted by Crippen LogP contribution is 2.39. The number of nitrogens with zero attached hydrogens (tertiary/aromatic N) is 1. The number of aromatic nitrogens is 1. The first-order chi connectivity index (χ1) is 12.7. The van der Waals surface area contributed by atoms with Gasteiger partial charge in [0.15, 0.2) is 6.29 Å². The van der Waals surface area contributed by atoms with E-state index in [1.165, 1.54) is 0 Å². The van der Waals surface area contributed by atoms with E-state index in [-0.39, 0.29) is 18.4 Å². The summed E-state index contributed by atoms with van der Waals surface area (Å²) >= 11 is 0. The molecular formula is C21H23NO4. The lowest BCUT2D eigenvalue weighted by molar-refractivity contribution is -0.244. The number of hydrogen-bond acceptors (Lipinski definition) is 4. The first-order valence-corrected chi connectivity index (χ1v) is 8.83. The van der Waals surface area contributed by atoms with Crippen molar-refractivity contribution in [2.45, 2.75) is 31.7 Å². The molecule has 0 saturated carbocycles. The molecule has 1 aliphatic rings. The zero-order valence-electron chi connectivity index (χ0n) is 14.5. The number of pyridine rings is 1. The normalized spacial score (nSPS) is 23.2. The standard InChI is InChI=1S/C21H23NO4/c23-19(24)12-6-2-5-10-18-15-25-21(16-8-3-1-4-9-16)26-20(18)17-11-7-13-22-14-17/h1-5,7-9,11,13-14,18,20-21H,6,10,12,15H2,(H,23,24)/b5-2-/t18-,20-,21+/m1/s1. The predicted octanol–water partition coefficient (Wildman–Crippen LogP) is 4.30. The van der Waals surface area contributed by atoms with E-state index in [0.717, 1.165) is 17.5 Å². The van der Waals surface area contributed by atoms with Gasteiger partial charge in [0.1, 0.15) is 0 Å². The lowest BCUT2D eigenvalue weighted by Crippen LogP contribution is -2.30. The number of rotatable bonds is 7. The second kappa shape index (κ2) is 9.27. The maximum Gasteiger partial charge on any atom is 0.303 e. The van der Waals surface area contributed by atoms with Crippen LogP contribution in [0.15, 0.2) is 67.0 Å². The average molecular weight is 353 g/mol. The summed E-state index contributed by atoms with van der Waals surface area (Å²) in [6.07, 6.45) is 8.45. The van der Waals surface area contributed by atoms with Crippen LogP contribution in [0.3, 0.4) is 0 Å². The Labute approximate surface area is 153 Å². The summed E-state index contributed by atoms with van der Waals surface area (Å²) < 4.78 is 12.2. The van der Waals surface area contributed by atoms with Gasteiger partial charge in [-0.2, -0.15) is 0 Å². The van der Waals surface area contributed by atoms with Crippen molar-refractivity contribution in [1.82, 2.24) is 4.98 Å². The molecule has 1 saturated heterocycles. The molecule has 0 amide bonds. The molecule has 5 heteroatoms. The fraction of sp³-hybridized carbons (Fsp3) is 0.333. The van der Waals surface area contributed by atoms with Crippen molar-refractivity contribution in [1.29, 1.82) is 0 Å². The number of benzene rings is 1. The van der Waals surface area contributed by atoms with Gasteiger partial charge in [-0.3, -0.25) is 9.78 Å². The summed E-state index contributed by atoms with van der Waals surface area (Å²) in [6.45, 7) is 0.572. The van der Waals surface area contributed by atoms with Crippen molar-refractivity contribution < 1.29 is 19.4 Å². The molecule has 1 aromatic heterocycles. The minimum Gasteiger partial charge on any atom is -0.481 e. The zero-order chi connectivity index (χ0) is 18.2. The number of carbonyl (C=O) groups is 1. The van der Waals surface area contributed by atoms with Crippen LogP contribution in [0.1, 0.15) is 42.8 Å². The van der Waals surface area contributed by atoms with Gasteiger partial charge in [0.25, 0.3) is 0 Å². The predicted molar refractivity (Wildman–Crippen MR) is 97.3 cm³/mol. The molecule has 5 nitrogen and oxygen atoms in total. The Kier molecular flexibility index (Phi) is 6.52. The van der Waals surface area contributed by atoms with Crippen molar-refractivity contribution in [3.63, 3.8) is 0 Å². The van der Waals surface area contributed by atoms with Crippen LogP contribution in [0.2, 0.25) is 0 Å². The number of ether oxygens (including phenoxy) is 2. The third-order valence-electron chi connectivity index (χ3n) is 4.38. The van der Waals surface area contributed by atoms with Gasteiger partial charge in [-0.1, -0.05) is 48.6 Å². The van der Waals surface area contributed by atoms with Crippen molar-refractivity contribution in [3.05, 3.63) is 78.1 Å². The van der Waals surface area contributed by atoms with Gasteiger partial charge in [0.2, 0.25) is 0 Å². The van der Waals surface area contributed by atoms with Gasteiger partial charge in [-0.15, -0.1) is 0 Å². The zero-order valence-corrected chi connectivity index (χ0v) is 14.5. The Hall–Kier alpha value is -2.50. The smallest absolute Gasteiger partial charge is 0.303 e. The Morgan fingerprint density at radius 1 is 1.15 bits per heavy atom. The van der Waals surface area contributed by atoms with E-state index in [2.05, 4.69) is 4.98 Å². The lowest BCUT2D eigenvalue weighted by atomic mass is 9.92. The minimum absolute atomic E-state index is 0.119. The molecule has 136 valence electrons. The third kappa shape index (κ3) is 5.00. The number of aliphatic carboxylic acids is 1. The molecule has 1 aromatic carbocycles. The topological polar surface area (TPSA) is 68.7 Å². The second-order valence-corrected chi connectivity index (χ2v) is 6.32. The Morgan fingerprint density at radius 3 is 2.69 bits per heavy atom. The number of carboxylic acid groups (broad SMARTS) is 1. The largest absolute Gasteiger partial charge is 0.481 e. The number of allylic oxidation sites excluding steroid dienone is 2. The monoisotopic (exact) mass is 353 g/mol. The first-order valence-electron chi connectivity index (χ1n) is 8.83. The Morgan fingerprint density at radius 2 is 1.96 bits per heavy atom. The molecule has 0 spiro atoms. The van der Waals surface area contributed by atoms with E-state index in [4.69, 9.17) is 14.6 Å². The summed E-state index contributed by atoms with van der Waals surface area (Å²) in [5, 5.41) is 8.71. The molecule has 1 fully saturated rings. The van der Waals surface area contributed by atoms with Gasteiger partial charge >= 0.3 is 5.97 Å². The number of hydrogen-bond donors (Lipinski definition) is 1. The highest BCUT2D eigenvalue weighted by Gasteiger charge is 2.33. The fourth-order valence-electron chi connectivity index (χ4n) is 3.05. The van der Waals surface area contributed by atoms with Gasteiger partial charge in [-0.25, -0.2) is 0 Å². The van der Waals surface area contributed by atoms with E-state index in [0.29, 0.717) is 13.0 Å². The SMILES string of the molecule is O=C(O)CC/C=C\C[C@@H]1CO[C@H](c2ccccc2)O[C@@H]1c1cccnc1. The third-order valence-corrected chi connectivity index (χ3v) is 4.38. The summed E-state index contributed by atoms with van der Waals surface area (Å²) in [7, 11) is 0. The van der Waals surface area contributed by atoms with Gasteiger partial charge in [0.05, 0.1) is 12.7 Å². The molecular weight excluding hydrogens is 330 g/mol. The van der Waals surface area contributed by atoms with E-state index < -0.39 is 12.3 Å². The molecule has 2 aromatic rings. The molecule has 3 rings (SSSR count). The van der Waals surface area contributed by atoms with Crippen LogP contribution in [-0.4, -0.2) is 22.7 Å². The van der Waals surface area contributed by atoms with E-state index in [1.54, 1.807) is 6.20 Å². The molecule has 1 aliphatic heterocycles. The maximum absolute atomic E-state index is 10.6. The van der Waals surface area contributed by atoms with Crippen LogP contribution in [0.25, 0.3) is 0 Å². The molecule has 0 bridgehead atoms. The van der Waals surface area contributed by atoms with Crippen molar-refractivity contribution in [3.8, 4) is 0 Å². The highest BCUT2D eigenvalue weighted by molar-refractivity contribution is 5.66. The molecule has 1 N–H and O–H groups in total. The van der Waals surface area contributed by atoms with Crippen LogP contribution in [0, 0.1) is 5.92 Å². The van der Waals surface area contributed by atoms with Gasteiger partial charge in [-0.05, 0) is 24.5 Å². The van der Waals surface area contributed by atoms with Crippen LogP contribution < -0.4 is 0 Å². The van der Waals surface area contributed by atoms with E-state index in [9.17, 15) is 4.79 Å². The molecule has 0 unspecified atom stereocenters. The van der Waals surface area contributed by atoms with E-state index in [1.807, 2.05) is 60.8 Å². The van der Waals surface area contributed by atoms with Crippen LogP contribution >= 0.6 is 0 Å². The average Bonchev–Trinajstić information content (AvgIpc) is 2.69. The van der Waals surface area contributed by atoms with Crippen molar-refractivity contribution in [2.24, 2.45) is 5.92 Å². The fourth-order valence-corrected chi connectivity index (χ4v) is 3.05. The maximum atomic E-state index is 10.6. The van der Waals surface area contributed by atoms with Crippen molar-refractivity contribution in [2.75, 3.05) is 6.61 Å². The summed E-state index contributed by atoms with van der Waals surface area (Å²) in [6, 6.07) is 13.8. The first kappa shape index (κ1) is 18.3. The van der Waals surface area contributed by atoms with E-state index >= 15 is 0 Å². The molecule has 0 aliphatic carbocycles. The van der Waals surface area contributed by atoms with Gasteiger partial charge in [0, 0.05) is 30.3 Å². The summed E-state index contributed by atoms with van der Waals surface area (Å²) in [5.74, 6) is -0.627. The van der Waals surface area contributed by atoms with Crippen LogP contribution in [0.5, 0.6) is 0 Å². The quantitative estimate of drug-likeness (QED) is 0.752. The summed E-state index contributed by atoms with van der Waals surface area (Å²) in [5.41, 5.74) is 2.03. The molecule has 3 atom stereocenters. The van der Waals surface area contributed by atoms with Crippen LogP contribution in [-0.2, 0) is 14.3 Å². The van der Waals surface area contributed by atoms with Crippen molar-refractivity contribution >= 4 is 5.97 Å². The molecule has 0 radical (unpaired) electrons. The second-order valence-electron chi connectivity index (χ2n) is 6.32. The molecule has 2 heterocycles. The van der Waals surface area contributed by atoms with Gasteiger partial charge < -0.3 is 14.6 Å². The Bertz CT molecular complexity index is 717. The minimum atomic E-state index is -0.780. The van der Waals surface area contributed by atoms with Crippen LogP contribution in [0.4, 0.5) is 0 Å². The molecule has 26 heavy (non-hydrogen) atoms. The summed E-state index contributed by atoms with van der Waals surface area (Å²) in [4.78, 5) is 14.8. The highest BCUT2D eigenvalue weighted by atomic mass is 16.7. The number of carboxylic acids is 1. The Balaban J connectivity index is 1.69.